The molecule has 3 fully saturated rings. The number of carbonyl (C=O) groups excluding carboxylic acids is 1. The number of hydrogen-bond acceptors (Lipinski definition) is 2. The Bertz CT molecular complexity index is 382. The summed E-state index contributed by atoms with van der Waals surface area (Å²) in [6.07, 6.45) is 20.9. The Balaban J connectivity index is 0.000000327. The van der Waals surface area contributed by atoms with Crippen LogP contribution in [0.25, 0.3) is 0 Å². The maximum absolute atomic E-state index is 11.7. The number of ketones is 1. The minimum atomic E-state index is 0.352. The molecule has 0 aromatic carbocycles. The van der Waals surface area contributed by atoms with Gasteiger partial charge in [0.1, 0.15) is 5.78 Å². The van der Waals surface area contributed by atoms with E-state index in [1.54, 1.807) is 6.92 Å². The maximum Gasteiger partial charge on any atom is 0.133 e. The van der Waals surface area contributed by atoms with Gasteiger partial charge in [-0.1, -0.05) is 91.4 Å². The van der Waals surface area contributed by atoms with Crippen LogP contribution >= 0.6 is 0 Å². The Morgan fingerprint density at radius 1 is 0.786 bits per heavy atom. The molecular weight excluding hydrogens is 342 g/mol. The monoisotopic (exact) mass is 393 g/mol. The van der Waals surface area contributed by atoms with Crippen LogP contribution in [-0.2, 0) is 4.79 Å². The van der Waals surface area contributed by atoms with Crippen molar-refractivity contribution in [1.29, 1.82) is 0 Å². The van der Waals surface area contributed by atoms with Gasteiger partial charge in [0.05, 0.1) is 0 Å². The highest BCUT2D eigenvalue weighted by Gasteiger charge is 2.30. The molecule has 3 aliphatic carbocycles. The summed E-state index contributed by atoms with van der Waals surface area (Å²) in [6, 6.07) is 0.785. The predicted molar refractivity (Wildman–Crippen MR) is 124 cm³/mol. The van der Waals surface area contributed by atoms with Gasteiger partial charge in [0.15, 0.2) is 0 Å². The molecule has 2 atom stereocenters. The first-order valence-electron chi connectivity index (χ1n) is 12.8. The van der Waals surface area contributed by atoms with Gasteiger partial charge in [-0.15, -0.1) is 0 Å². The van der Waals surface area contributed by atoms with Crippen LogP contribution < -0.4 is 0 Å². The molecule has 166 valence electrons. The van der Waals surface area contributed by atoms with E-state index in [1.165, 1.54) is 89.9 Å². The highest BCUT2D eigenvalue weighted by atomic mass is 16.1. The fourth-order valence-corrected chi connectivity index (χ4v) is 5.60. The Hall–Kier alpha value is -0.370. The van der Waals surface area contributed by atoms with E-state index < -0.39 is 0 Å². The first-order chi connectivity index (χ1) is 13.6. The van der Waals surface area contributed by atoms with Crippen molar-refractivity contribution in [2.45, 2.75) is 130 Å². The molecule has 2 nitrogen and oxygen atoms in total. The second-order valence-corrected chi connectivity index (χ2v) is 9.41. The molecule has 3 saturated carbocycles. The fraction of sp³-hybridized carbons (Fsp3) is 0.962. The molecule has 0 aromatic heterocycles. The van der Waals surface area contributed by atoms with Crippen LogP contribution in [0.15, 0.2) is 0 Å². The first-order valence-corrected chi connectivity index (χ1v) is 12.8. The Kier molecular flexibility index (Phi) is 14.2. The van der Waals surface area contributed by atoms with Gasteiger partial charge < -0.3 is 4.90 Å². The van der Waals surface area contributed by atoms with Crippen LogP contribution in [0, 0.1) is 17.8 Å². The fourth-order valence-electron chi connectivity index (χ4n) is 5.60. The van der Waals surface area contributed by atoms with Crippen LogP contribution in [0.2, 0.25) is 0 Å². The quantitative estimate of drug-likeness (QED) is 0.478. The second-order valence-electron chi connectivity index (χ2n) is 9.41. The van der Waals surface area contributed by atoms with Gasteiger partial charge in [0, 0.05) is 18.5 Å². The van der Waals surface area contributed by atoms with E-state index in [2.05, 4.69) is 18.9 Å². The van der Waals surface area contributed by atoms with E-state index >= 15 is 0 Å². The van der Waals surface area contributed by atoms with Crippen LogP contribution in [0.4, 0.5) is 0 Å². The van der Waals surface area contributed by atoms with Gasteiger partial charge in [-0.3, -0.25) is 4.79 Å². The summed E-state index contributed by atoms with van der Waals surface area (Å²) in [5.74, 6) is 2.49. The third-order valence-electron chi connectivity index (χ3n) is 7.45. The van der Waals surface area contributed by atoms with Crippen LogP contribution in [-0.4, -0.2) is 30.3 Å². The zero-order valence-electron chi connectivity index (χ0n) is 20.0. The van der Waals surface area contributed by atoms with Crippen molar-refractivity contribution in [3.63, 3.8) is 0 Å². The van der Waals surface area contributed by atoms with E-state index in [4.69, 9.17) is 0 Å². The number of rotatable bonds is 5. The van der Waals surface area contributed by atoms with E-state index in [0.717, 1.165) is 24.9 Å². The number of Topliss-reactive ketones (excluding diaryl/α,β-unsaturated/α-hetero) is 1. The molecule has 0 spiro atoms. The van der Waals surface area contributed by atoms with E-state index in [0.29, 0.717) is 17.6 Å². The van der Waals surface area contributed by atoms with Gasteiger partial charge in [0.2, 0.25) is 0 Å². The zero-order valence-corrected chi connectivity index (χ0v) is 20.0. The topological polar surface area (TPSA) is 20.3 Å². The summed E-state index contributed by atoms with van der Waals surface area (Å²) >= 11 is 0. The standard InChI is InChI=1S/C16H29NO.C8H16.C2H6/c1-13(18)16-11-7-6-8-14(16)12-17(2)15-9-4-3-5-10-15;1-2-8-6-4-3-5-7-8;1-2/h14-16H,3-12H2,1-2H3;8H,2-7H2,1H3;1-2H3. The van der Waals surface area contributed by atoms with Crippen LogP contribution in [0.5, 0.6) is 0 Å². The molecule has 0 heterocycles. The molecule has 0 bridgehead atoms. The Morgan fingerprint density at radius 2 is 1.29 bits per heavy atom. The Morgan fingerprint density at radius 3 is 1.79 bits per heavy atom. The minimum Gasteiger partial charge on any atom is -0.303 e. The normalized spacial score (nSPS) is 26.6. The van der Waals surface area contributed by atoms with Gasteiger partial charge in [-0.25, -0.2) is 0 Å². The van der Waals surface area contributed by atoms with Crippen LogP contribution in [0.1, 0.15) is 124 Å². The number of nitrogens with zero attached hydrogens (tertiary/aromatic N) is 1. The number of carbonyl (C=O) groups is 1. The van der Waals surface area contributed by atoms with Gasteiger partial charge >= 0.3 is 0 Å². The van der Waals surface area contributed by atoms with Crippen molar-refractivity contribution in [3.05, 3.63) is 0 Å². The molecule has 2 unspecified atom stereocenters. The minimum absolute atomic E-state index is 0.352. The third-order valence-corrected chi connectivity index (χ3v) is 7.45. The lowest BCUT2D eigenvalue weighted by Crippen LogP contribution is -2.40. The van der Waals surface area contributed by atoms with Gasteiger partial charge in [0.25, 0.3) is 0 Å². The average molecular weight is 394 g/mol. The van der Waals surface area contributed by atoms with Crippen molar-refractivity contribution in [2.24, 2.45) is 17.8 Å². The van der Waals surface area contributed by atoms with Crippen molar-refractivity contribution < 1.29 is 4.79 Å². The molecule has 0 amide bonds. The summed E-state index contributed by atoms with van der Waals surface area (Å²) in [5, 5.41) is 0. The predicted octanol–water partition coefficient (Wildman–Crippen LogP) is 7.65. The molecule has 0 aliphatic heterocycles. The molecular formula is C26H51NO. The highest BCUT2D eigenvalue weighted by Crippen LogP contribution is 2.32. The lowest BCUT2D eigenvalue weighted by Gasteiger charge is -2.37. The lowest BCUT2D eigenvalue weighted by molar-refractivity contribution is -0.123. The van der Waals surface area contributed by atoms with Crippen molar-refractivity contribution in [2.75, 3.05) is 13.6 Å². The molecule has 0 radical (unpaired) electrons. The molecule has 28 heavy (non-hydrogen) atoms. The number of hydrogen-bond donors (Lipinski definition) is 0. The molecule has 0 saturated heterocycles. The SMILES string of the molecule is CC.CC(=O)C1CCCCC1CN(C)C1CCCCC1.CCC1CCCCC1. The van der Waals surface area contributed by atoms with Crippen molar-refractivity contribution in [3.8, 4) is 0 Å². The second kappa shape index (κ2) is 15.5. The van der Waals surface area contributed by atoms with Gasteiger partial charge in [-0.2, -0.15) is 0 Å². The lowest BCUT2D eigenvalue weighted by atomic mass is 9.76. The third kappa shape index (κ3) is 9.42. The molecule has 3 rings (SSSR count). The van der Waals surface area contributed by atoms with E-state index in [-0.39, 0.29) is 0 Å². The summed E-state index contributed by atoms with van der Waals surface area (Å²) in [5.41, 5.74) is 0. The molecule has 0 aromatic rings. The smallest absolute Gasteiger partial charge is 0.133 e. The maximum atomic E-state index is 11.7. The van der Waals surface area contributed by atoms with E-state index in [1.807, 2.05) is 13.8 Å². The summed E-state index contributed by atoms with van der Waals surface area (Å²) in [7, 11) is 2.28. The van der Waals surface area contributed by atoms with Crippen LogP contribution in [0.3, 0.4) is 0 Å². The van der Waals surface area contributed by atoms with E-state index in [9.17, 15) is 4.79 Å². The molecule has 3 aliphatic rings. The average Bonchev–Trinajstić information content (AvgIpc) is 2.77. The first kappa shape index (κ1) is 25.7. The summed E-state index contributed by atoms with van der Waals surface area (Å²) < 4.78 is 0. The van der Waals surface area contributed by atoms with Gasteiger partial charge in [-0.05, 0) is 51.5 Å². The summed E-state index contributed by atoms with van der Waals surface area (Å²) in [4.78, 5) is 14.3. The summed E-state index contributed by atoms with van der Waals surface area (Å²) in [6.45, 7) is 9.26. The molecule has 2 heteroatoms. The largest absolute Gasteiger partial charge is 0.303 e. The zero-order chi connectivity index (χ0) is 20.8. The van der Waals surface area contributed by atoms with Crippen molar-refractivity contribution in [1.82, 2.24) is 4.90 Å². The highest BCUT2D eigenvalue weighted by molar-refractivity contribution is 5.78. The Labute approximate surface area is 177 Å². The molecule has 0 N–H and O–H groups in total. The van der Waals surface area contributed by atoms with Crippen molar-refractivity contribution >= 4 is 5.78 Å².